The summed E-state index contributed by atoms with van der Waals surface area (Å²) in [6.07, 6.45) is 0.431. The average Bonchev–Trinajstić information content (AvgIpc) is 2.97. The third-order valence-electron chi connectivity index (χ3n) is 3.25. The largest absolute Gasteiger partial charge is 0.453 e. The number of para-hydroxylation sites is 1. The molecule has 0 unspecified atom stereocenters. The van der Waals surface area contributed by atoms with Crippen LogP contribution in [-0.4, -0.2) is 36.0 Å². The van der Waals surface area contributed by atoms with Crippen LogP contribution in [0.25, 0.3) is 10.2 Å². The van der Waals surface area contributed by atoms with Gasteiger partial charge >= 0.3 is 12.0 Å². The number of ether oxygens (including phenoxy) is 1. The molecule has 0 aliphatic carbocycles. The molecule has 0 saturated heterocycles. The molecule has 2 aromatic rings. The Hall–Kier alpha value is -2.48. The Morgan fingerprint density at radius 1 is 1.29 bits per heavy atom. The normalized spacial score (nSPS) is 11.8. The van der Waals surface area contributed by atoms with Crippen molar-refractivity contribution in [3.8, 4) is 0 Å². The lowest BCUT2D eigenvalue weighted by Crippen LogP contribution is -2.43. The Morgan fingerprint density at radius 2 is 2.04 bits per heavy atom. The lowest BCUT2D eigenvalue weighted by molar-refractivity contribution is -0.154. The second-order valence-electron chi connectivity index (χ2n) is 5.13. The zero-order valence-corrected chi connectivity index (χ0v) is 14.3. The third kappa shape index (κ3) is 5.02. The summed E-state index contributed by atoms with van der Waals surface area (Å²) in [6, 6.07) is 7.23. The lowest BCUT2D eigenvalue weighted by Gasteiger charge is -2.12. The number of esters is 1. The minimum atomic E-state index is -1.02. The fourth-order valence-electron chi connectivity index (χ4n) is 2.00. The summed E-state index contributed by atoms with van der Waals surface area (Å²) in [5.41, 5.74) is 0.958. The highest BCUT2D eigenvalue weighted by atomic mass is 32.1. The van der Waals surface area contributed by atoms with E-state index in [1.807, 2.05) is 24.3 Å². The first-order chi connectivity index (χ1) is 11.5. The quantitative estimate of drug-likeness (QED) is 0.778. The van der Waals surface area contributed by atoms with E-state index in [2.05, 4.69) is 15.6 Å². The molecular weight excluding hydrogens is 330 g/mol. The SMILES string of the molecule is CNC(=O)NC(=O)[C@H](C)OC(=O)CCCc1nc2ccccc2s1. The van der Waals surface area contributed by atoms with E-state index in [9.17, 15) is 14.4 Å². The van der Waals surface area contributed by atoms with Gasteiger partial charge in [-0.05, 0) is 31.9 Å². The maximum absolute atomic E-state index is 11.8. The van der Waals surface area contributed by atoms with Crippen LogP contribution >= 0.6 is 11.3 Å². The van der Waals surface area contributed by atoms with Crippen molar-refractivity contribution in [2.45, 2.75) is 32.3 Å². The molecule has 0 radical (unpaired) electrons. The van der Waals surface area contributed by atoms with Crippen molar-refractivity contribution >= 4 is 39.5 Å². The van der Waals surface area contributed by atoms with Gasteiger partial charge in [0, 0.05) is 13.5 Å². The molecular formula is C16H19N3O4S. The van der Waals surface area contributed by atoms with Crippen molar-refractivity contribution in [3.05, 3.63) is 29.3 Å². The molecule has 1 atom stereocenters. The zero-order chi connectivity index (χ0) is 17.5. The molecule has 128 valence electrons. The summed E-state index contributed by atoms with van der Waals surface area (Å²) in [6.45, 7) is 1.42. The summed E-state index contributed by atoms with van der Waals surface area (Å²) < 4.78 is 6.13. The van der Waals surface area contributed by atoms with Gasteiger partial charge in [-0.1, -0.05) is 12.1 Å². The van der Waals surface area contributed by atoms with Crippen LogP contribution in [-0.2, 0) is 20.7 Å². The van der Waals surface area contributed by atoms with Crippen molar-refractivity contribution < 1.29 is 19.1 Å². The summed E-state index contributed by atoms with van der Waals surface area (Å²) >= 11 is 1.61. The number of amides is 3. The third-order valence-corrected chi connectivity index (χ3v) is 4.35. The molecule has 2 N–H and O–H groups in total. The monoisotopic (exact) mass is 349 g/mol. The first-order valence-electron chi connectivity index (χ1n) is 7.56. The van der Waals surface area contributed by atoms with Crippen LogP contribution in [0.2, 0.25) is 0 Å². The van der Waals surface area contributed by atoms with Gasteiger partial charge in [0.2, 0.25) is 0 Å². The highest BCUT2D eigenvalue weighted by Gasteiger charge is 2.19. The number of fused-ring (bicyclic) bond motifs is 1. The average molecular weight is 349 g/mol. The van der Waals surface area contributed by atoms with Gasteiger partial charge in [-0.15, -0.1) is 11.3 Å². The van der Waals surface area contributed by atoms with Crippen LogP contribution in [0.1, 0.15) is 24.8 Å². The number of nitrogens with one attached hydrogen (secondary N) is 2. The van der Waals surface area contributed by atoms with Crippen LogP contribution in [0.3, 0.4) is 0 Å². The second kappa shape index (κ2) is 8.39. The predicted octanol–water partition coefficient (Wildman–Crippen LogP) is 2.01. The van der Waals surface area contributed by atoms with Gasteiger partial charge < -0.3 is 10.1 Å². The molecule has 0 aliphatic heterocycles. The highest BCUT2D eigenvalue weighted by molar-refractivity contribution is 7.18. The van der Waals surface area contributed by atoms with Crippen LogP contribution in [0.15, 0.2) is 24.3 Å². The number of hydrogen-bond acceptors (Lipinski definition) is 6. The summed E-state index contributed by atoms with van der Waals surface area (Å²) in [5, 5.41) is 5.27. The first kappa shape index (κ1) is 17.9. The Labute approximate surface area is 143 Å². The number of thiazole rings is 1. The molecule has 2 rings (SSSR count). The maximum atomic E-state index is 11.8. The molecule has 0 saturated carbocycles. The second-order valence-corrected chi connectivity index (χ2v) is 6.24. The number of hydrogen-bond donors (Lipinski definition) is 2. The van der Waals surface area contributed by atoms with E-state index < -0.39 is 24.0 Å². The maximum Gasteiger partial charge on any atom is 0.321 e. The Kier molecular flexibility index (Phi) is 6.25. The van der Waals surface area contributed by atoms with Gasteiger partial charge in [0.05, 0.1) is 15.2 Å². The van der Waals surface area contributed by atoms with Crippen molar-refractivity contribution in [1.29, 1.82) is 0 Å². The van der Waals surface area contributed by atoms with Gasteiger partial charge in [-0.3, -0.25) is 14.9 Å². The van der Waals surface area contributed by atoms with E-state index in [1.165, 1.54) is 14.0 Å². The number of rotatable bonds is 6. The molecule has 8 heteroatoms. The fraction of sp³-hybridized carbons (Fsp3) is 0.375. The van der Waals surface area contributed by atoms with Crippen molar-refractivity contribution in [2.75, 3.05) is 7.05 Å². The topological polar surface area (TPSA) is 97.4 Å². The lowest BCUT2D eigenvalue weighted by atomic mass is 10.2. The summed E-state index contributed by atoms with van der Waals surface area (Å²) in [5.74, 6) is -1.13. The Bertz CT molecular complexity index is 711. The minimum Gasteiger partial charge on any atom is -0.453 e. The molecule has 0 spiro atoms. The zero-order valence-electron chi connectivity index (χ0n) is 13.5. The van der Waals surface area contributed by atoms with Crippen molar-refractivity contribution in [1.82, 2.24) is 15.6 Å². The summed E-state index contributed by atoms with van der Waals surface area (Å²) in [4.78, 5) is 38.9. The smallest absolute Gasteiger partial charge is 0.321 e. The van der Waals surface area contributed by atoms with Crippen LogP contribution < -0.4 is 10.6 Å². The first-order valence-corrected chi connectivity index (χ1v) is 8.37. The molecule has 24 heavy (non-hydrogen) atoms. The number of imide groups is 1. The van der Waals surface area contributed by atoms with Crippen molar-refractivity contribution in [3.63, 3.8) is 0 Å². The van der Waals surface area contributed by atoms with Gasteiger partial charge in [-0.2, -0.15) is 0 Å². The van der Waals surface area contributed by atoms with E-state index in [0.717, 1.165) is 15.2 Å². The molecule has 0 fully saturated rings. The van der Waals surface area contributed by atoms with E-state index >= 15 is 0 Å². The van der Waals surface area contributed by atoms with Gasteiger partial charge in [0.15, 0.2) is 6.10 Å². The van der Waals surface area contributed by atoms with E-state index in [-0.39, 0.29) is 6.42 Å². The summed E-state index contributed by atoms with van der Waals surface area (Å²) in [7, 11) is 1.39. The molecule has 0 bridgehead atoms. The number of urea groups is 1. The number of benzene rings is 1. The molecule has 7 nitrogen and oxygen atoms in total. The van der Waals surface area contributed by atoms with E-state index in [4.69, 9.17) is 4.74 Å². The number of aromatic nitrogens is 1. The van der Waals surface area contributed by atoms with Crippen LogP contribution in [0.5, 0.6) is 0 Å². The van der Waals surface area contributed by atoms with Gasteiger partial charge in [-0.25, -0.2) is 9.78 Å². The standard InChI is InChI=1S/C16H19N3O4S/c1-10(15(21)19-16(22)17-2)23-14(20)9-5-8-13-18-11-6-3-4-7-12(11)24-13/h3-4,6-7,10H,5,8-9H2,1-2H3,(H2,17,19,21,22)/t10-/m0/s1. The predicted molar refractivity (Wildman–Crippen MR) is 90.7 cm³/mol. The number of carbonyl (C=O) groups excluding carboxylic acids is 3. The molecule has 0 aliphatic rings. The minimum absolute atomic E-state index is 0.188. The molecule has 3 amide bonds. The number of carbonyl (C=O) groups is 3. The van der Waals surface area contributed by atoms with Crippen LogP contribution in [0.4, 0.5) is 4.79 Å². The number of aryl methyl sites for hydroxylation is 1. The van der Waals surface area contributed by atoms with Gasteiger partial charge in [0.25, 0.3) is 5.91 Å². The van der Waals surface area contributed by atoms with E-state index in [0.29, 0.717) is 12.8 Å². The van der Waals surface area contributed by atoms with Crippen molar-refractivity contribution in [2.24, 2.45) is 0 Å². The van der Waals surface area contributed by atoms with Gasteiger partial charge in [0.1, 0.15) is 0 Å². The fourth-order valence-corrected chi connectivity index (χ4v) is 3.01. The highest BCUT2D eigenvalue weighted by Crippen LogP contribution is 2.22. The Morgan fingerprint density at radius 3 is 2.75 bits per heavy atom. The Balaban J connectivity index is 1.74. The number of nitrogens with zero attached hydrogens (tertiary/aromatic N) is 1. The molecule has 1 aromatic carbocycles. The van der Waals surface area contributed by atoms with Crippen LogP contribution in [0, 0.1) is 0 Å². The molecule has 1 aromatic heterocycles. The van der Waals surface area contributed by atoms with E-state index in [1.54, 1.807) is 11.3 Å². The molecule has 1 heterocycles.